The fourth-order valence-electron chi connectivity index (χ4n) is 2.76. The number of hydrogen-bond acceptors (Lipinski definition) is 4. The van der Waals surface area contributed by atoms with Crippen LogP contribution in [0.3, 0.4) is 0 Å². The van der Waals surface area contributed by atoms with E-state index in [1.165, 1.54) is 6.26 Å². The Hall–Kier alpha value is -1.07. The molecule has 1 saturated carbocycles. The van der Waals surface area contributed by atoms with Crippen molar-refractivity contribution in [2.45, 2.75) is 43.5 Å². The minimum Gasteiger partial charge on any atom is -0.497 e. The monoisotopic (exact) mass is 297 g/mol. The molecule has 5 heteroatoms. The molecule has 0 amide bonds. The lowest BCUT2D eigenvalue weighted by Gasteiger charge is -2.28. The first-order valence-electron chi connectivity index (χ1n) is 7.04. The Morgan fingerprint density at radius 2 is 2.15 bits per heavy atom. The maximum Gasteiger partial charge on any atom is 0.150 e. The quantitative estimate of drug-likeness (QED) is 0.904. The van der Waals surface area contributed by atoms with E-state index < -0.39 is 9.84 Å². The molecule has 2 rings (SSSR count). The van der Waals surface area contributed by atoms with Crippen LogP contribution in [0.25, 0.3) is 0 Å². The van der Waals surface area contributed by atoms with Gasteiger partial charge in [-0.05, 0) is 37.0 Å². The molecule has 2 unspecified atom stereocenters. The lowest BCUT2D eigenvalue weighted by Crippen LogP contribution is -2.38. The molecule has 2 atom stereocenters. The largest absolute Gasteiger partial charge is 0.497 e. The van der Waals surface area contributed by atoms with Crippen LogP contribution in [-0.4, -0.2) is 33.1 Å². The second-order valence-corrected chi connectivity index (χ2v) is 7.87. The van der Waals surface area contributed by atoms with Gasteiger partial charge in [0, 0.05) is 18.8 Å². The average molecular weight is 297 g/mol. The third kappa shape index (κ3) is 4.21. The van der Waals surface area contributed by atoms with E-state index in [4.69, 9.17) is 4.74 Å². The van der Waals surface area contributed by atoms with Gasteiger partial charge in [-0.25, -0.2) is 8.42 Å². The maximum atomic E-state index is 11.6. The van der Waals surface area contributed by atoms with Gasteiger partial charge in [0.1, 0.15) is 15.6 Å². The summed E-state index contributed by atoms with van der Waals surface area (Å²) in [5, 5.41) is 3.29. The highest BCUT2D eigenvalue weighted by Crippen LogP contribution is 2.24. The summed E-state index contributed by atoms with van der Waals surface area (Å²) in [6.45, 7) is 0.748. The van der Waals surface area contributed by atoms with Crippen LogP contribution in [-0.2, 0) is 16.4 Å². The Balaban J connectivity index is 1.90. The SMILES string of the molecule is COc1cccc(CNC2CCCC(S(C)(=O)=O)C2)c1. The van der Waals surface area contributed by atoms with Gasteiger partial charge in [-0.3, -0.25) is 0 Å². The Labute approximate surface area is 121 Å². The number of ether oxygens (including phenoxy) is 1. The molecule has 20 heavy (non-hydrogen) atoms. The Bertz CT molecular complexity index is 542. The fraction of sp³-hybridized carbons (Fsp3) is 0.600. The Kier molecular flexibility index (Phi) is 5.05. The van der Waals surface area contributed by atoms with Gasteiger partial charge >= 0.3 is 0 Å². The summed E-state index contributed by atoms with van der Waals surface area (Å²) >= 11 is 0. The van der Waals surface area contributed by atoms with Gasteiger partial charge in [-0.2, -0.15) is 0 Å². The van der Waals surface area contributed by atoms with E-state index in [2.05, 4.69) is 5.32 Å². The molecule has 4 nitrogen and oxygen atoms in total. The first kappa shape index (κ1) is 15.3. The molecule has 1 aliphatic carbocycles. The highest BCUT2D eigenvalue weighted by atomic mass is 32.2. The van der Waals surface area contributed by atoms with Crippen molar-refractivity contribution >= 4 is 9.84 Å². The standard InChI is InChI=1S/C15H23NO3S/c1-19-14-7-3-5-12(9-14)11-16-13-6-4-8-15(10-13)20(2,17)18/h3,5,7,9,13,15-16H,4,6,8,10-11H2,1-2H3. The molecule has 1 fully saturated rings. The third-order valence-electron chi connectivity index (χ3n) is 3.96. The zero-order valence-corrected chi connectivity index (χ0v) is 12.9. The normalized spacial score (nSPS) is 23.5. The van der Waals surface area contributed by atoms with E-state index in [1.54, 1.807) is 7.11 Å². The Morgan fingerprint density at radius 3 is 2.85 bits per heavy atom. The lowest BCUT2D eigenvalue weighted by molar-refractivity contribution is 0.370. The molecule has 0 radical (unpaired) electrons. The molecule has 0 heterocycles. The number of methoxy groups -OCH3 is 1. The van der Waals surface area contributed by atoms with E-state index >= 15 is 0 Å². The molecule has 0 spiro atoms. The van der Waals surface area contributed by atoms with Crippen molar-refractivity contribution in [1.82, 2.24) is 5.32 Å². The van der Waals surface area contributed by atoms with E-state index in [1.807, 2.05) is 24.3 Å². The van der Waals surface area contributed by atoms with Crippen molar-refractivity contribution in [2.24, 2.45) is 0 Å². The van der Waals surface area contributed by atoms with E-state index in [0.717, 1.165) is 43.5 Å². The molecule has 0 saturated heterocycles. The highest BCUT2D eigenvalue weighted by molar-refractivity contribution is 7.91. The van der Waals surface area contributed by atoms with Gasteiger partial charge in [-0.1, -0.05) is 18.6 Å². The van der Waals surface area contributed by atoms with Crippen LogP contribution < -0.4 is 10.1 Å². The predicted molar refractivity (Wildman–Crippen MR) is 80.7 cm³/mol. The van der Waals surface area contributed by atoms with Crippen LogP contribution >= 0.6 is 0 Å². The second kappa shape index (κ2) is 6.59. The molecule has 0 aromatic heterocycles. The van der Waals surface area contributed by atoms with Crippen molar-refractivity contribution in [3.05, 3.63) is 29.8 Å². The van der Waals surface area contributed by atoms with Crippen LogP contribution in [0.15, 0.2) is 24.3 Å². The minimum atomic E-state index is -2.91. The van der Waals surface area contributed by atoms with Crippen LogP contribution in [0.4, 0.5) is 0 Å². The topological polar surface area (TPSA) is 55.4 Å². The average Bonchev–Trinajstić information content (AvgIpc) is 2.45. The summed E-state index contributed by atoms with van der Waals surface area (Å²) in [5.74, 6) is 0.849. The molecule has 0 bridgehead atoms. The van der Waals surface area contributed by atoms with Gasteiger partial charge < -0.3 is 10.1 Å². The Morgan fingerprint density at radius 1 is 1.35 bits per heavy atom. The first-order chi connectivity index (χ1) is 9.49. The van der Waals surface area contributed by atoms with Crippen LogP contribution in [0.1, 0.15) is 31.2 Å². The first-order valence-corrected chi connectivity index (χ1v) is 8.99. The maximum absolute atomic E-state index is 11.6. The number of sulfone groups is 1. The molecule has 112 valence electrons. The molecule has 1 aromatic carbocycles. The number of nitrogens with one attached hydrogen (secondary N) is 1. The summed E-state index contributed by atoms with van der Waals surface area (Å²) in [5.41, 5.74) is 1.16. The van der Waals surface area contributed by atoms with Crippen molar-refractivity contribution < 1.29 is 13.2 Å². The number of benzene rings is 1. The zero-order chi connectivity index (χ0) is 14.6. The summed E-state index contributed by atoms with van der Waals surface area (Å²) in [7, 11) is -1.26. The molecule has 1 aliphatic rings. The van der Waals surface area contributed by atoms with Crippen molar-refractivity contribution in [3.8, 4) is 5.75 Å². The molecule has 1 N–H and O–H groups in total. The van der Waals surface area contributed by atoms with Gasteiger partial charge in [0.2, 0.25) is 0 Å². The molecule has 1 aromatic rings. The number of rotatable bonds is 5. The molecular formula is C15H23NO3S. The predicted octanol–water partition coefficient (Wildman–Crippen LogP) is 2.14. The summed E-state index contributed by atoms with van der Waals surface area (Å²) < 4.78 is 28.5. The van der Waals surface area contributed by atoms with E-state index in [-0.39, 0.29) is 11.3 Å². The minimum absolute atomic E-state index is 0.181. The van der Waals surface area contributed by atoms with Crippen molar-refractivity contribution in [3.63, 3.8) is 0 Å². The smallest absolute Gasteiger partial charge is 0.150 e. The van der Waals surface area contributed by atoms with Crippen molar-refractivity contribution in [2.75, 3.05) is 13.4 Å². The molecular weight excluding hydrogens is 274 g/mol. The van der Waals surface area contributed by atoms with Crippen LogP contribution in [0.2, 0.25) is 0 Å². The number of hydrogen-bond donors (Lipinski definition) is 1. The van der Waals surface area contributed by atoms with Crippen molar-refractivity contribution in [1.29, 1.82) is 0 Å². The second-order valence-electron chi connectivity index (χ2n) is 5.55. The zero-order valence-electron chi connectivity index (χ0n) is 12.1. The highest BCUT2D eigenvalue weighted by Gasteiger charge is 2.28. The third-order valence-corrected chi connectivity index (χ3v) is 5.60. The summed E-state index contributed by atoms with van der Waals surface area (Å²) in [6, 6.07) is 8.23. The van der Waals surface area contributed by atoms with Crippen LogP contribution in [0.5, 0.6) is 5.75 Å². The van der Waals surface area contributed by atoms with E-state index in [0.29, 0.717) is 0 Å². The fourth-order valence-corrected chi connectivity index (χ4v) is 3.94. The lowest BCUT2D eigenvalue weighted by atomic mass is 9.95. The van der Waals surface area contributed by atoms with Gasteiger partial charge in [0.05, 0.1) is 12.4 Å². The van der Waals surface area contributed by atoms with Gasteiger partial charge in [0.25, 0.3) is 0 Å². The van der Waals surface area contributed by atoms with Gasteiger partial charge in [-0.15, -0.1) is 0 Å². The molecule has 0 aliphatic heterocycles. The summed E-state index contributed by atoms with van der Waals surface area (Å²) in [6.07, 6.45) is 4.91. The van der Waals surface area contributed by atoms with E-state index in [9.17, 15) is 8.42 Å². The summed E-state index contributed by atoms with van der Waals surface area (Å²) in [4.78, 5) is 0. The van der Waals surface area contributed by atoms with Crippen LogP contribution in [0, 0.1) is 0 Å². The van der Waals surface area contributed by atoms with Gasteiger partial charge in [0.15, 0.2) is 0 Å².